The van der Waals surface area contributed by atoms with Gasteiger partial charge in [0.1, 0.15) is 11.4 Å². The smallest absolute Gasteiger partial charge is 0.191 e. The zero-order valence-electron chi connectivity index (χ0n) is 9.32. The molecule has 0 aliphatic carbocycles. The average molecular weight is 236 g/mol. The van der Waals surface area contributed by atoms with Crippen molar-refractivity contribution < 1.29 is 4.74 Å². The van der Waals surface area contributed by atoms with Crippen LogP contribution < -0.4 is 4.74 Å². The molecule has 0 unspecified atom stereocenters. The van der Waals surface area contributed by atoms with E-state index in [0.717, 1.165) is 22.7 Å². The summed E-state index contributed by atoms with van der Waals surface area (Å²) in [4.78, 5) is 0. The second-order valence-corrected chi connectivity index (χ2v) is 3.98. The van der Waals surface area contributed by atoms with Crippen molar-refractivity contribution in [1.29, 1.82) is 0 Å². The number of rotatable bonds is 0. The third-order valence-electron chi connectivity index (χ3n) is 2.91. The largest absolute Gasteiger partial charge is 0.454 e. The van der Waals surface area contributed by atoms with Crippen LogP contribution >= 0.6 is 0 Å². The number of para-hydroxylation sites is 3. The Morgan fingerprint density at radius 3 is 2.61 bits per heavy atom. The molecule has 5 heteroatoms. The second kappa shape index (κ2) is 3.40. The molecule has 0 amide bonds. The van der Waals surface area contributed by atoms with E-state index in [-0.39, 0.29) is 0 Å². The molecule has 86 valence electrons. The summed E-state index contributed by atoms with van der Waals surface area (Å²) in [5, 5.41) is 11.9. The van der Waals surface area contributed by atoms with E-state index in [0.29, 0.717) is 5.82 Å². The fraction of sp³-hybridized carbons (Fsp3) is 0. The maximum Gasteiger partial charge on any atom is 0.191 e. The number of hydrogen-bond donors (Lipinski definition) is 0. The Balaban J connectivity index is 2.12. The van der Waals surface area contributed by atoms with Crippen LogP contribution in [-0.2, 0) is 0 Å². The number of fused-ring (bicyclic) bond motifs is 5. The summed E-state index contributed by atoms with van der Waals surface area (Å²) in [5.41, 5.74) is 1.73. The van der Waals surface area contributed by atoms with Crippen molar-refractivity contribution in [2.45, 2.75) is 0 Å². The third kappa shape index (κ3) is 1.18. The van der Waals surface area contributed by atoms with E-state index in [2.05, 4.69) is 15.5 Å². The molecule has 4 rings (SSSR count). The van der Waals surface area contributed by atoms with Gasteiger partial charge in [-0.1, -0.05) is 24.3 Å². The first kappa shape index (κ1) is 9.35. The van der Waals surface area contributed by atoms with Gasteiger partial charge in [-0.15, -0.1) is 5.10 Å². The maximum atomic E-state index is 5.91. The van der Waals surface area contributed by atoms with Crippen molar-refractivity contribution in [3.8, 4) is 28.6 Å². The minimum Gasteiger partial charge on any atom is -0.454 e. The van der Waals surface area contributed by atoms with Gasteiger partial charge in [-0.05, 0) is 34.7 Å². The second-order valence-electron chi connectivity index (χ2n) is 3.98. The topological polar surface area (TPSA) is 52.8 Å². The lowest BCUT2D eigenvalue weighted by Gasteiger charge is -2.07. The summed E-state index contributed by atoms with van der Waals surface area (Å²) in [6, 6.07) is 15.4. The van der Waals surface area contributed by atoms with Crippen LogP contribution in [0.5, 0.6) is 11.5 Å². The Morgan fingerprint density at radius 1 is 0.889 bits per heavy atom. The van der Waals surface area contributed by atoms with Crippen LogP contribution in [-0.4, -0.2) is 20.2 Å². The van der Waals surface area contributed by atoms with Gasteiger partial charge in [-0.25, -0.2) is 0 Å². The molecule has 0 atom stereocenters. The highest BCUT2D eigenvalue weighted by Crippen LogP contribution is 2.38. The van der Waals surface area contributed by atoms with Crippen molar-refractivity contribution in [3.63, 3.8) is 0 Å². The zero-order chi connectivity index (χ0) is 11.9. The Hall–Kier alpha value is -2.69. The van der Waals surface area contributed by atoms with E-state index in [1.165, 1.54) is 0 Å². The Labute approximate surface area is 103 Å². The molecule has 0 bridgehead atoms. The summed E-state index contributed by atoms with van der Waals surface area (Å²) in [6.45, 7) is 0. The highest BCUT2D eigenvalue weighted by atomic mass is 16.5. The van der Waals surface area contributed by atoms with E-state index < -0.39 is 0 Å². The predicted octanol–water partition coefficient (Wildman–Crippen LogP) is 2.44. The molecule has 0 radical (unpaired) electrons. The normalized spacial score (nSPS) is 11.8. The molecule has 0 N–H and O–H groups in total. The fourth-order valence-corrected chi connectivity index (χ4v) is 2.09. The summed E-state index contributed by atoms with van der Waals surface area (Å²) in [5.74, 6) is 2.20. The van der Waals surface area contributed by atoms with Crippen LogP contribution in [0.1, 0.15) is 0 Å². The highest BCUT2D eigenvalue weighted by molar-refractivity contribution is 5.69. The van der Waals surface area contributed by atoms with Crippen molar-refractivity contribution >= 4 is 0 Å². The first-order valence-electron chi connectivity index (χ1n) is 5.58. The summed E-state index contributed by atoms with van der Waals surface area (Å²) >= 11 is 0. The molecular formula is C13H8N4O. The molecule has 0 saturated carbocycles. The Kier molecular flexibility index (Phi) is 1.77. The molecule has 5 nitrogen and oxygen atoms in total. The third-order valence-corrected chi connectivity index (χ3v) is 2.91. The molecule has 18 heavy (non-hydrogen) atoms. The quantitative estimate of drug-likeness (QED) is 0.470. The number of nitrogens with zero attached hydrogens (tertiary/aromatic N) is 4. The molecule has 3 aromatic rings. The minimum atomic E-state index is 0.690. The first-order chi connectivity index (χ1) is 8.93. The molecule has 2 heterocycles. The Bertz CT molecular complexity index is 675. The van der Waals surface area contributed by atoms with Gasteiger partial charge in [0.25, 0.3) is 0 Å². The van der Waals surface area contributed by atoms with E-state index in [1.807, 2.05) is 48.5 Å². The number of benzene rings is 2. The molecule has 0 saturated heterocycles. The van der Waals surface area contributed by atoms with Crippen molar-refractivity contribution in [2.24, 2.45) is 0 Å². The monoisotopic (exact) mass is 236 g/mol. The average Bonchev–Trinajstić information content (AvgIpc) is 2.84. The van der Waals surface area contributed by atoms with Crippen molar-refractivity contribution in [2.75, 3.05) is 0 Å². The zero-order valence-corrected chi connectivity index (χ0v) is 9.32. The van der Waals surface area contributed by atoms with Gasteiger partial charge >= 0.3 is 0 Å². The van der Waals surface area contributed by atoms with E-state index in [1.54, 1.807) is 4.68 Å². The van der Waals surface area contributed by atoms with Crippen LogP contribution in [0.2, 0.25) is 0 Å². The Morgan fingerprint density at radius 2 is 1.67 bits per heavy atom. The van der Waals surface area contributed by atoms with Crippen LogP contribution in [0.25, 0.3) is 17.1 Å². The lowest BCUT2D eigenvalue weighted by atomic mass is 10.2. The molecular weight excluding hydrogens is 228 g/mol. The maximum absolute atomic E-state index is 5.91. The molecule has 2 aromatic carbocycles. The van der Waals surface area contributed by atoms with Gasteiger partial charge in [-0.3, -0.25) is 0 Å². The van der Waals surface area contributed by atoms with Crippen LogP contribution in [0.4, 0.5) is 0 Å². The lowest BCUT2D eigenvalue weighted by Crippen LogP contribution is -1.98. The number of aromatic nitrogens is 4. The van der Waals surface area contributed by atoms with E-state index in [4.69, 9.17) is 4.74 Å². The molecule has 1 aliphatic heterocycles. The highest BCUT2D eigenvalue weighted by Gasteiger charge is 2.22. The van der Waals surface area contributed by atoms with Crippen LogP contribution in [0.15, 0.2) is 48.5 Å². The van der Waals surface area contributed by atoms with E-state index in [9.17, 15) is 0 Å². The SMILES string of the molecule is c1ccc2c(c1)Oc1ccccc1-n1nnnc1-2. The summed E-state index contributed by atoms with van der Waals surface area (Å²) in [7, 11) is 0. The van der Waals surface area contributed by atoms with Crippen molar-refractivity contribution in [1.82, 2.24) is 20.2 Å². The fourth-order valence-electron chi connectivity index (χ4n) is 2.09. The molecule has 0 spiro atoms. The first-order valence-corrected chi connectivity index (χ1v) is 5.58. The summed E-state index contributed by atoms with van der Waals surface area (Å²) < 4.78 is 7.61. The van der Waals surface area contributed by atoms with Crippen LogP contribution in [0.3, 0.4) is 0 Å². The van der Waals surface area contributed by atoms with Gasteiger partial charge in [0.2, 0.25) is 0 Å². The van der Waals surface area contributed by atoms with Crippen LogP contribution in [0, 0.1) is 0 Å². The number of hydrogen-bond acceptors (Lipinski definition) is 4. The minimum absolute atomic E-state index is 0.690. The summed E-state index contributed by atoms with van der Waals surface area (Å²) in [6.07, 6.45) is 0. The standard InChI is InChI=1S/C13H8N4O/c1-3-7-11-9(5-1)13-14-15-16-17(13)10-6-2-4-8-12(10)18-11/h1-8H. The predicted molar refractivity (Wildman–Crippen MR) is 64.7 cm³/mol. The molecule has 1 aromatic heterocycles. The van der Waals surface area contributed by atoms with Crippen molar-refractivity contribution in [3.05, 3.63) is 48.5 Å². The van der Waals surface area contributed by atoms with Gasteiger partial charge in [0.15, 0.2) is 11.6 Å². The van der Waals surface area contributed by atoms with Gasteiger partial charge in [-0.2, -0.15) is 4.68 Å². The van der Waals surface area contributed by atoms with Gasteiger partial charge in [0.05, 0.1) is 5.56 Å². The molecule has 1 aliphatic rings. The van der Waals surface area contributed by atoms with E-state index >= 15 is 0 Å². The lowest BCUT2D eigenvalue weighted by molar-refractivity contribution is 0.483. The van der Waals surface area contributed by atoms with Gasteiger partial charge < -0.3 is 4.74 Å². The number of ether oxygens (including phenoxy) is 1. The number of tetrazole rings is 1. The molecule has 0 fully saturated rings. The van der Waals surface area contributed by atoms with Gasteiger partial charge in [0, 0.05) is 0 Å².